The van der Waals surface area contributed by atoms with Crippen LogP contribution in [0.1, 0.15) is 13.3 Å². The lowest BCUT2D eigenvalue weighted by molar-refractivity contribution is 0.484. The molecule has 0 N–H and O–H groups in total. The molecule has 0 saturated heterocycles. The normalized spacial score (nSPS) is 10.0. The molecule has 0 saturated carbocycles. The predicted molar refractivity (Wildman–Crippen MR) is 28.3 cm³/mol. The van der Waals surface area contributed by atoms with Crippen LogP contribution in [0.15, 0.2) is 0 Å². The van der Waals surface area contributed by atoms with Crippen LogP contribution in [-0.2, 0) is 0 Å². The lowest BCUT2D eigenvalue weighted by atomic mass is 10.5. The van der Waals surface area contributed by atoms with Gasteiger partial charge < -0.3 is 4.90 Å². The molecule has 1 heteroatoms. The summed E-state index contributed by atoms with van der Waals surface area (Å²) in [5.74, 6) is 0. The lowest BCUT2D eigenvalue weighted by Crippen LogP contribution is -2.05. The van der Waals surface area contributed by atoms with E-state index in [0.717, 1.165) is 6.42 Å². The molecular formula is C5H12N-. The van der Waals surface area contributed by atoms with Crippen molar-refractivity contribution in [2.24, 2.45) is 0 Å². The molecule has 0 unspecified atom stereocenters. The van der Waals surface area contributed by atoms with Gasteiger partial charge in [0.25, 0.3) is 0 Å². The Hall–Kier alpha value is -0.0400. The monoisotopic (exact) mass is 86.1 g/mol. The van der Waals surface area contributed by atoms with E-state index >= 15 is 0 Å². The first kappa shape index (κ1) is 5.96. The summed E-state index contributed by atoms with van der Waals surface area (Å²) in [5.41, 5.74) is 0. The Labute approximate surface area is 40.0 Å². The van der Waals surface area contributed by atoms with Crippen molar-refractivity contribution in [1.29, 1.82) is 0 Å². The molecule has 38 valence electrons. The van der Waals surface area contributed by atoms with Crippen molar-refractivity contribution in [3.8, 4) is 0 Å². The van der Waals surface area contributed by atoms with E-state index in [4.69, 9.17) is 0 Å². The van der Waals surface area contributed by atoms with Crippen LogP contribution in [0.25, 0.3) is 0 Å². The Kier molecular flexibility index (Phi) is 3.14. The molecule has 0 spiro atoms. The second kappa shape index (κ2) is 3.16. The maximum atomic E-state index is 2.12. The van der Waals surface area contributed by atoms with Crippen molar-refractivity contribution in [1.82, 2.24) is 4.90 Å². The SMILES string of the molecule is CC[CH-]N(C)C. The maximum absolute atomic E-state index is 2.12. The van der Waals surface area contributed by atoms with Gasteiger partial charge in [-0.05, 0) is 14.1 Å². The highest BCUT2D eigenvalue weighted by Crippen LogP contribution is 1.84. The minimum absolute atomic E-state index is 1.13. The number of nitrogens with zero attached hydrogens (tertiary/aromatic N) is 1. The highest BCUT2D eigenvalue weighted by atomic mass is 15.0. The molecule has 0 aliphatic heterocycles. The first-order valence-corrected chi connectivity index (χ1v) is 2.27. The highest BCUT2D eigenvalue weighted by Gasteiger charge is 1.64. The zero-order chi connectivity index (χ0) is 4.99. The van der Waals surface area contributed by atoms with Crippen LogP contribution in [0, 0.1) is 6.54 Å². The van der Waals surface area contributed by atoms with Crippen LogP contribution in [0.3, 0.4) is 0 Å². The summed E-state index contributed by atoms with van der Waals surface area (Å²) >= 11 is 0. The molecule has 0 aromatic rings. The molecule has 6 heavy (non-hydrogen) atoms. The molecular weight excluding hydrogens is 74.1 g/mol. The summed E-state index contributed by atoms with van der Waals surface area (Å²) in [6.07, 6.45) is 1.13. The number of rotatable bonds is 2. The second-order valence-electron chi connectivity index (χ2n) is 1.55. The van der Waals surface area contributed by atoms with Crippen molar-refractivity contribution >= 4 is 0 Å². The number of hydrogen-bond donors (Lipinski definition) is 0. The second-order valence-corrected chi connectivity index (χ2v) is 1.55. The third kappa shape index (κ3) is 3.96. The van der Waals surface area contributed by atoms with Gasteiger partial charge in [-0.25, -0.2) is 0 Å². The molecule has 0 bridgehead atoms. The maximum Gasteiger partial charge on any atom is -0.0425 e. The molecule has 0 atom stereocenters. The Balaban J connectivity index is 2.63. The quantitative estimate of drug-likeness (QED) is 0.455. The van der Waals surface area contributed by atoms with Gasteiger partial charge in [-0.15, -0.1) is 0 Å². The molecule has 0 aliphatic carbocycles. The summed E-state index contributed by atoms with van der Waals surface area (Å²) in [4.78, 5) is 2.06. The summed E-state index contributed by atoms with van der Waals surface area (Å²) in [6, 6.07) is 0. The minimum Gasteiger partial charge on any atom is -0.462 e. The van der Waals surface area contributed by atoms with E-state index in [1.807, 2.05) is 14.1 Å². The lowest BCUT2D eigenvalue weighted by Gasteiger charge is -2.18. The molecule has 0 aromatic heterocycles. The van der Waals surface area contributed by atoms with E-state index < -0.39 is 0 Å². The highest BCUT2D eigenvalue weighted by molar-refractivity contribution is 4.53. The van der Waals surface area contributed by atoms with Crippen LogP contribution in [0.4, 0.5) is 0 Å². The summed E-state index contributed by atoms with van der Waals surface area (Å²) in [6.45, 7) is 4.25. The van der Waals surface area contributed by atoms with Gasteiger partial charge in [0.05, 0.1) is 0 Å². The van der Waals surface area contributed by atoms with Gasteiger partial charge in [-0.1, -0.05) is 6.92 Å². The van der Waals surface area contributed by atoms with Gasteiger partial charge in [0.1, 0.15) is 0 Å². The van der Waals surface area contributed by atoms with E-state index in [-0.39, 0.29) is 0 Å². The first-order valence-electron chi connectivity index (χ1n) is 2.27. The van der Waals surface area contributed by atoms with Crippen molar-refractivity contribution < 1.29 is 0 Å². The average Bonchev–Trinajstić information content (AvgIpc) is 1.35. The molecule has 0 heterocycles. The summed E-state index contributed by atoms with van der Waals surface area (Å²) < 4.78 is 0. The molecule has 0 amide bonds. The first-order chi connectivity index (χ1) is 2.77. The Morgan fingerprint density at radius 3 is 2.00 bits per heavy atom. The van der Waals surface area contributed by atoms with E-state index in [2.05, 4.69) is 18.4 Å². The van der Waals surface area contributed by atoms with Crippen LogP contribution >= 0.6 is 0 Å². The van der Waals surface area contributed by atoms with Crippen LogP contribution in [0.2, 0.25) is 0 Å². The predicted octanol–water partition coefficient (Wildman–Crippen LogP) is 1.12. The molecule has 0 fully saturated rings. The fourth-order valence-electron chi connectivity index (χ4n) is 0.365. The average molecular weight is 86.2 g/mol. The van der Waals surface area contributed by atoms with E-state index in [1.165, 1.54) is 0 Å². The molecule has 1 nitrogen and oxygen atoms in total. The van der Waals surface area contributed by atoms with Gasteiger partial charge in [0.2, 0.25) is 0 Å². The fourth-order valence-corrected chi connectivity index (χ4v) is 0.365. The van der Waals surface area contributed by atoms with Gasteiger partial charge >= 0.3 is 0 Å². The van der Waals surface area contributed by atoms with Crippen LogP contribution in [0.5, 0.6) is 0 Å². The van der Waals surface area contributed by atoms with Gasteiger partial charge in [0, 0.05) is 0 Å². The Bertz CT molecular complexity index is 25.1. The minimum atomic E-state index is 1.13. The van der Waals surface area contributed by atoms with Crippen LogP contribution < -0.4 is 0 Å². The summed E-state index contributed by atoms with van der Waals surface area (Å²) in [5, 5.41) is 0. The topological polar surface area (TPSA) is 3.24 Å². The molecule has 0 aromatic carbocycles. The zero-order valence-corrected chi connectivity index (χ0v) is 4.73. The Morgan fingerprint density at radius 1 is 1.50 bits per heavy atom. The van der Waals surface area contributed by atoms with Gasteiger partial charge in [-0.2, -0.15) is 6.42 Å². The van der Waals surface area contributed by atoms with Crippen molar-refractivity contribution in [2.75, 3.05) is 14.1 Å². The number of hydrogen-bond acceptors (Lipinski definition) is 1. The van der Waals surface area contributed by atoms with Crippen LogP contribution in [-0.4, -0.2) is 19.0 Å². The molecule has 0 rings (SSSR count). The fraction of sp³-hybridized carbons (Fsp3) is 0.800. The smallest absolute Gasteiger partial charge is 0.0425 e. The van der Waals surface area contributed by atoms with Gasteiger partial charge in [-0.3, -0.25) is 6.54 Å². The molecule has 0 aliphatic rings. The van der Waals surface area contributed by atoms with Gasteiger partial charge in [0.15, 0.2) is 0 Å². The van der Waals surface area contributed by atoms with Crippen molar-refractivity contribution in [3.05, 3.63) is 6.54 Å². The largest absolute Gasteiger partial charge is 0.462 e. The third-order valence-electron chi connectivity index (χ3n) is 0.548. The zero-order valence-electron chi connectivity index (χ0n) is 4.73. The third-order valence-corrected chi connectivity index (χ3v) is 0.548. The van der Waals surface area contributed by atoms with E-state index in [1.54, 1.807) is 0 Å². The Morgan fingerprint density at radius 2 is 2.00 bits per heavy atom. The summed E-state index contributed by atoms with van der Waals surface area (Å²) in [7, 11) is 4.06. The van der Waals surface area contributed by atoms with Crippen molar-refractivity contribution in [2.45, 2.75) is 13.3 Å². The van der Waals surface area contributed by atoms with Crippen molar-refractivity contribution in [3.63, 3.8) is 0 Å². The van der Waals surface area contributed by atoms with E-state index in [0.29, 0.717) is 0 Å². The van der Waals surface area contributed by atoms with E-state index in [9.17, 15) is 0 Å². The molecule has 0 radical (unpaired) electrons. The standard InChI is InChI=1S/C5H12N/c1-4-5-6(2)3/h5H,4H2,1-3H3/q-1.